The minimum absolute atomic E-state index is 0.269. The predicted molar refractivity (Wildman–Crippen MR) is 107 cm³/mol. The molecule has 0 bridgehead atoms. The summed E-state index contributed by atoms with van der Waals surface area (Å²) in [5.41, 5.74) is 1.08. The van der Waals surface area contributed by atoms with Gasteiger partial charge in [0.15, 0.2) is 5.13 Å². The van der Waals surface area contributed by atoms with Crippen molar-refractivity contribution in [1.82, 2.24) is 19.9 Å². The lowest BCUT2D eigenvalue weighted by Gasteiger charge is -2.35. The number of hydrogen-bond acceptors (Lipinski definition) is 6. The second-order valence-electron chi connectivity index (χ2n) is 7.62. The Kier molecular flexibility index (Phi) is 5.66. The highest BCUT2D eigenvalue weighted by Crippen LogP contribution is 2.31. The van der Waals surface area contributed by atoms with Crippen LogP contribution >= 0.6 is 11.3 Å². The monoisotopic (exact) mass is 385 g/mol. The highest BCUT2D eigenvalue weighted by Gasteiger charge is 2.30. The summed E-state index contributed by atoms with van der Waals surface area (Å²) < 4.78 is 0. The Bertz CT molecular complexity index is 765. The Labute approximate surface area is 164 Å². The molecule has 1 saturated carbocycles. The number of aromatic nitrogens is 3. The van der Waals surface area contributed by atoms with Crippen molar-refractivity contribution in [3.63, 3.8) is 0 Å². The number of piperidine rings is 1. The number of likely N-dealkylation sites (tertiary alicyclic amines) is 1. The summed E-state index contributed by atoms with van der Waals surface area (Å²) in [6.07, 6.45) is 9.60. The number of rotatable bonds is 4. The fraction of sp³-hybridized carbons (Fsp3) is 0.600. The summed E-state index contributed by atoms with van der Waals surface area (Å²) in [7, 11) is 0. The molecule has 7 heteroatoms. The molecule has 4 rings (SSSR count). The average Bonchev–Trinajstić information content (AvgIpc) is 3.21. The first-order chi connectivity index (χ1) is 13.2. The van der Waals surface area contributed by atoms with E-state index in [0.29, 0.717) is 11.8 Å². The molecule has 1 amide bonds. The maximum absolute atomic E-state index is 12.8. The number of thiazole rings is 1. The molecule has 1 saturated heterocycles. The van der Waals surface area contributed by atoms with E-state index in [1.807, 2.05) is 18.4 Å². The van der Waals surface area contributed by atoms with Gasteiger partial charge in [0, 0.05) is 48.3 Å². The van der Waals surface area contributed by atoms with Gasteiger partial charge in [0.2, 0.25) is 5.91 Å². The SMILES string of the molecule is Cc1nc(Nc2nccs2)cc(C2CCN(C(=O)C3CCCCC3)CC2)n1. The van der Waals surface area contributed by atoms with E-state index in [1.54, 1.807) is 17.5 Å². The molecule has 1 aliphatic heterocycles. The van der Waals surface area contributed by atoms with Crippen molar-refractivity contribution in [3.05, 3.63) is 29.2 Å². The van der Waals surface area contributed by atoms with E-state index >= 15 is 0 Å². The maximum Gasteiger partial charge on any atom is 0.225 e. The molecule has 144 valence electrons. The van der Waals surface area contributed by atoms with Gasteiger partial charge >= 0.3 is 0 Å². The third kappa shape index (κ3) is 4.46. The van der Waals surface area contributed by atoms with E-state index in [-0.39, 0.29) is 5.92 Å². The molecule has 1 N–H and O–H groups in total. The molecule has 0 unspecified atom stereocenters. The predicted octanol–water partition coefficient (Wildman–Crippen LogP) is 4.27. The highest BCUT2D eigenvalue weighted by atomic mass is 32.1. The molecule has 2 aliphatic rings. The number of carbonyl (C=O) groups is 1. The van der Waals surface area contributed by atoms with Crippen LogP contribution in [0.2, 0.25) is 0 Å². The first-order valence-corrected chi connectivity index (χ1v) is 10.9. The molecule has 6 nitrogen and oxygen atoms in total. The van der Waals surface area contributed by atoms with Gasteiger partial charge in [-0.25, -0.2) is 15.0 Å². The molecule has 2 fully saturated rings. The van der Waals surface area contributed by atoms with Gasteiger partial charge in [0.05, 0.1) is 0 Å². The van der Waals surface area contributed by atoms with Crippen LogP contribution in [-0.2, 0) is 4.79 Å². The van der Waals surface area contributed by atoms with Crippen LogP contribution in [0.15, 0.2) is 17.6 Å². The molecule has 27 heavy (non-hydrogen) atoms. The fourth-order valence-electron chi connectivity index (χ4n) is 4.26. The fourth-order valence-corrected chi connectivity index (χ4v) is 4.80. The number of nitrogens with one attached hydrogen (secondary N) is 1. The van der Waals surface area contributed by atoms with Gasteiger partial charge in [-0.15, -0.1) is 11.3 Å². The van der Waals surface area contributed by atoms with Crippen molar-refractivity contribution >= 4 is 28.2 Å². The quantitative estimate of drug-likeness (QED) is 0.851. The van der Waals surface area contributed by atoms with Gasteiger partial charge in [-0.1, -0.05) is 19.3 Å². The summed E-state index contributed by atoms with van der Waals surface area (Å²) in [5, 5.41) is 6.05. The molecule has 2 aromatic rings. The van der Waals surface area contributed by atoms with Crippen LogP contribution in [0.5, 0.6) is 0 Å². The van der Waals surface area contributed by atoms with Gasteiger partial charge in [0.25, 0.3) is 0 Å². The zero-order valence-electron chi connectivity index (χ0n) is 15.9. The van der Waals surface area contributed by atoms with Gasteiger partial charge in [-0.3, -0.25) is 4.79 Å². The molecular formula is C20H27N5OS. The van der Waals surface area contributed by atoms with Gasteiger partial charge < -0.3 is 10.2 Å². The van der Waals surface area contributed by atoms with Gasteiger partial charge in [-0.05, 0) is 32.6 Å². The Balaban J connectivity index is 1.39. The molecule has 0 atom stereocenters. The summed E-state index contributed by atoms with van der Waals surface area (Å²) >= 11 is 1.56. The van der Waals surface area contributed by atoms with Gasteiger partial charge in [-0.2, -0.15) is 0 Å². The summed E-state index contributed by atoms with van der Waals surface area (Å²) in [6.45, 7) is 3.62. The van der Waals surface area contributed by atoms with Gasteiger partial charge in [0.1, 0.15) is 11.6 Å². The standard InChI is InChI=1S/C20H27N5OS/c1-14-22-17(13-18(23-14)24-20-21-9-12-27-20)15-7-10-25(11-8-15)19(26)16-5-3-2-4-6-16/h9,12-13,15-16H,2-8,10-11H2,1H3,(H,21,22,23,24). The lowest BCUT2D eigenvalue weighted by molar-refractivity contribution is -0.137. The minimum atomic E-state index is 0.269. The van der Waals surface area contributed by atoms with Crippen LogP contribution in [0.25, 0.3) is 0 Å². The maximum atomic E-state index is 12.8. The van der Waals surface area contributed by atoms with E-state index in [9.17, 15) is 4.79 Å². The normalized spacial score (nSPS) is 19.2. The van der Waals surface area contributed by atoms with Crippen molar-refractivity contribution in [2.24, 2.45) is 5.92 Å². The van der Waals surface area contributed by atoms with Crippen LogP contribution in [0.1, 0.15) is 62.4 Å². The summed E-state index contributed by atoms with van der Waals surface area (Å²) in [5.74, 6) is 2.61. The minimum Gasteiger partial charge on any atom is -0.342 e. The lowest BCUT2D eigenvalue weighted by Crippen LogP contribution is -2.42. The number of nitrogens with zero attached hydrogens (tertiary/aromatic N) is 4. The van der Waals surface area contributed by atoms with Crippen molar-refractivity contribution in [1.29, 1.82) is 0 Å². The van der Waals surface area contributed by atoms with Crippen molar-refractivity contribution in [2.75, 3.05) is 18.4 Å². The molecule has 1 aliphatic carbocycles. The number of amides is 1. The number of anilines is 2. The Morgan fingerprint density at radius 2 is 1.93 bits per heavy atom. The smallest absolute Gasteiger partial charge is 0.225 e. The topological polar surface area (TPSA) is 71.0 Å². The third-order valence-corrected chi connectivity index (χ3v) is 6.39. The van der Waals surface area contributed by atoms with E-state index in [1.165, 1.54) is 19.3 Å². The summed E-state index contributed by atoms with van der Waals surface area (Å²) in [4.78, 5) is 28.3. The van der Waals surface area contributed by atoms with Crippen molar-refractivity contribution in [3.8, 4) is 0 Å². The van der Waals surface area contributed by atoms with Crippen molar-refractivity contribution in [2.45, 2.75) is 57.8 Å². The van der Waals surface area contributed by atoms with Crippen LogP contribution in [0.4, 0.5) is 10.9 Å². The zero-order valence-corrected chi connectivity index (χ0v) is 16.7. The van der Waals surface area contributed by atoms with E-state index in [2.05, 4.69) is 25.2 Å². The number of carbonyl (C=O) groups excluding carboxylic acids is 1. The molecule has 0 aromatic carbocycles. The zero-order chi connectivity index (χ0) is 18.6. The van der Waals surface area contributed by atoms with Crippen LogP contribution in [-0.4, -0.2) is 38.8 Å². The molecule has 3 heterocycles. The van der Waals surface area contributed by atoms with Crippen LogP contribution in [0, 0.1) is 12.8 Å². The second-order valence-corrected chi connectivity index (χ2v) is 8.52. The Hall–Kier alpha value is -2.02. The van der Waals surface area contributed by atoms with E-state index in [0.717, 1.165) is 61.2 Å². The number of hydrogen-bond donors (Lipinski definition) is 1. The second kappa shape index (κ2) is 8.33. The third-order valence-electron chi connectivity index (χ3n) is 5.70. The molecule has 2 aromatic heterocycles. The van der Waals surface area contributed by atoms with E-state index in [4.69, 9.17) is 0 Å². The first kappa shape index (κ1) is 18.3. The molecule has 0 spiro atoms. The highest BCUT2D eigenvalue weighted by molar-refractivity contribution is 7.13. The molecular weight excluding hydrogens is 358 g/mol. The average molecular weight is 386 g/mol. The molecule has 0 radical (unpaired) electrons. The van der Waals surface area contributed by atoms with E-state index < -0.39 is 0 Å². The first-order valence-electron chi connectivity index (χ1n) is 10.00. The lowest BCUT2D eigenvalue weighted by atomic mass is 9.86. The Morgan fingerprint density at radius 3 is 2.63 bits per heavy atom. The number of aryl methyl sites for hydroxylation is 1. The van der Waals surface area contributed by atoms with Crippen LogP contribution < -0.4 is 5.32 Å². The van der Waals surface area contributed by atoms with Crippen LogP contribution in [0.3, 0.4) is 0 Å². The Morgan fingerprint density at radius 1 is 1.15 bits per heavy atom. The van der Waals surface area contributed by atoms with Crippen molar-refractivity contribution < 1.29 is 4.79 Å². The summed E-state index contributed by atoms with van der Waals surface area (Å²) in [6, 6.07) is 2.04. The largest absolute Gasteiger partial charge is 0.342 e.